The van der Waals surface area contributed by atoms with Crippen LogP contribution in [0.5, 0.6) is 0 Å². The fourth-order valence-corrected chi connectivity index (χ4v) is 2.79. The normalized spacial score (nSPS) is 15.8. The number of carbonyl (C=O) groups excluding carboxylic acids is 3. The van der Waals surface area contributed by atoms with E-state index in [1.54, 1.807) is 36.4 Å². The second-order valence-electron chi connectivity index (χ2n) is 6.29. The number of ether oxygens (including phenoxy) is 1. The Bertz CT molecular complexity index is 840. The number of aromatic nitrogens is 1. The molecule has 7 nitrogen and oxygen atoms in total. The molecule has 1 fully saturated rings. The molecule has 1 aromatic carbocycles. The number of esters is 1. The van der Waals surface area contributed by atoms with E-state index in [1.165, 1.54) is 6.20 Å². The number of carbonyl (C=O) groups is 3. The lowest BCUT2D eigenvalue weighted by atomic mass is 10.1. The molecule has 7 heteroatoms. The first-order chi connectivity index (χ1) is 12.6. The molecule has 2 aromatic rings. The van der Waals surface area contributed by atoms with Crippen LogP contribution in [0.2, 0.25) is 0 Å². The number of hydrogen-bond acceptors (Lipinski definition) is 6. The van der Waals surface area contributed by atoms with Crippen LogP contribution in [0.15, 0.2) is 42.6 Å². The maximum absolute atomic E-state index is 12.2. The molecule has 0 radical (unpaired) electrons. The first-order valence-corrected chi connectivity index (χ1v) is 8.48. The number of nitrogens with one attached hydrogen (secondary N) is 1. The zero-order valence-corrected chi connectivity index (χ0v) is 14.0. The second-order valence-corrected chi connectivity index (χ2v) is 6.29. The fourth-order valence-electron chi connectivity index (χ4n) is 2.79. The van der Waals surface area contributed by atoms with Gasteiger partial charge in [-0.25, -0.2) is 9.78 Å². The molecule has 0 unspecified atom stereocenters. The predicted molar refractivity (Wildman–Crippen MR) is 93.0 cm³/mol. The van der Waals surface area contributed by atoms with Crippen molar-refractivity contribution in [3.63, 3.8) is 0 Å². The van der Waals surface area contributed by atoms with Gasteiger partial charge in [-0.1, -0.05) is 12.1 Å². The Balaban J connectivity index is 1.31. The van der Waals surface area contributed by atoms with Gasteiger partial charge in [0.05, 0.1) is 23.2 Å². The number of hydrogen-bond donors (Lipinski definition) is 1. The lowest BCUT2D eigenvalue weighted by Gasteiger charge is -2.13. The maximum atomic E-state index is 12.2. The molecule has 1 aromatic heterocycles. The standard InChI is InChI=1S/C19H17N3O4/c23-17-14-3-1-2-4-15(14)18(24)22(17)9-10-26-19(25)12-5-8-16(20-11-12)21-13-6-7-13/h1-5,8,11,13H,6-7,9-10H2,(H,20,21). The van der Waals surface area contributed by atoms with Crippen molar-refractivity contribution in [2.75, 3.05) is 18.5 Å². The average molecular weight is 351 g/mol. The second kappa shape index (κ2) is 6.59. The summed E-state index contributed by atoms with van der Waals surface area (Å²) in [5, 5.41) is 3.24. The van der Waals surface area contributed by atoms with Crippen molar-refractivity contribution >= 4 is 23.6 Å². The van der Waals surface area contributed by atoms with Crippen LogP contribution in [0.4, 0.5) is 5.82 Å². The number of benzene rings is 1. The van der Waals surface area contributed by atoms with Crippen LogP contribution < -0.4 is 5.32 Å². The summed E-state index contributed by atoms with van der Waals surface area (Å²) in [6.07, 6.45) is 3.74. The molecule has 2 heterocycles. The molecule has 0 bridgehead atoms. The highest BCUT2D eigenvalue weighted by Gasteiger charge is 2.34. The number of rotatable bonds is 6. The van der Waals surface area contributed by atoms with Gasteiger partial charge in [-0.3, -0.25) is 14.5 Å². The van der Waals surface area contributed by atoms with Gasteiger partial charge in [-0.2, -0.15) is 0 Å². The van der Waals surface area contributed by atoms with Crippen molar-refractivity contribution in [2.45, 2.75) is 18.9 Å². The van der Waals surface area contributed by atoms with Crippen LogP contribution in [0.1, 0.15) is 43.9 Å². The molecule has 1 aliphatic heterocycles. The van der Waals surface area contributed by atoms with Gasteiger partial charge in [0.2, 0.25) is 0 Å². The van der Waals surface area contributed by atoms with Crippen LogP contribution in [-0.4, -0.2) is 46.9 Å². The molecule has 26 heavy (non-hydrogen) atoms. The molecule has 1 saturated carbocycles. The van der Waals surface area contributed by atoms with Gasteiger partial charge in [0.25, 0.3) is 11.8 Å². The summed E-state index contributed by atoms with van der Waals surface area (Å²) in [7, 11) is 0. The van der Waals surface area contributed by atoms with Gasteiger partial charge in [-0.05, 0) is 37.1 Å². The third kappa shape index (κ3) is 3.15. The van der Waals surface area contributed by atoms with Crippen LogP contribution in [0, 0.1) is 0 Å². The number of amides is 2. The Hall–Kier alpha value is -3.22. The van der Waals surface area contributed by atoms with Crippen LogP contribution in [0.3, 0.4) is 0 Å². The largest absolute Gasteiger partial charge is 0.460 e. The highest BCUT2D eigenvalue weighted by molar-refractivity contribution is 6.21. The van der Waals surface area contributed by atoms with Gasteiger partial charge in [0.15, 0.2) is 0 Å². The Morgan fingerprint density at radius 2 is 1.81 bits per heavy atom. The van der Waals surface area contributed by atoms with E-state index < -0.39 is 5.97 Å². The van der Waals surface area contributed by atoms with Crippen molar-refractivity contribution in [1.82, 2.24) is 9.88 Å². The Morgan fingerprint density at radius 3 is 2.38 bits per heavy atom. The predicted octanol–water partition coefficient (Wildman–Crippen LogP) is 2.11. The molecule has 0 atom stereocenters. The first-order valence-electron chi connectivity index (χ1n) is 8.48. The molecule has 1 N–H and O–H groups in total. The maximum Gasteiger partial charge on any atom is 0.339 e. The average Bonchev–Trinajstić information content (AvgIpc) is 3.45. The number of nitrogens with zero attached hydrogens (tertiary/aromatic N) is 2. The van der Waals surface area contributed by atoms with Gasteiger partial charge in [-0.15, -0.1) is 0 Å². The zero-order valence-electron chi connectivity index (χ0n) is 14.0. The summed E-state index contributed by atoms with van der Waals surface area (Å²) >= 11 is 0. The van der Waals surface area contributed by atoms with Crippen LogP contribution in [-0.2, 0) is 4.74 Å². The zero-order chi connectivity index (χ0) is 18.1. The Labute approximate surface area is 150 Å². The lowest BCUT2D eigenvalue weighted by molar-refractivity contribution is 0.0420. The lowest BCUT2D eigenvalue weighted by Crippen LogP contribution is -2.33. The summed E-state index contributed by atoms with van der Waals surface area (Å²) < 4.78 is 5.17. The van der Waals surface area contributed by atoms with Crippen molar-refractivity contribution in [1.29, 1.82) is 0 Å². The van der Waals surface area contributed by atoms with Gasteiger partial charge >= 0.3 is 5.97 Å². The van der Waals surface area contributed by atoms with E-state index in [9.17, 15) is 14.4 Å². The van der Waals surface area contributed by atoms with Gasteiger partial charge in [0, 0.05) is 12.2 Å². The quantitative estimate of drug-likeness (QED) is 0.633. The first kappa shape index (κ1) is 16.3. The highest BCUT2D eigenvalue weighted by atomic mass is 16.5. The molecular formula is C19H17N3O4. The Kier molecular flexibility index (Phi) is 4.12. The van der Waals surface area contributed by atoms with Crippen molar-refractivity contribution in [2.24, 2.45) is 0 Å². The van der Waals surface area contributed by atoms with E-state index in [4.69, 9.17) is 4.74 Å². The van der Waals surface area contributed by atoms with Crippen molar-refractivity contribution < 1.29 is 19.1 Å². The van der Waals surface area contributed by atoms with Crippen molar-refractivity contribution in [3.8, 4) is 0 Å². The smallest absolute Gasteiger partial charge is 0.339 e. The van der Waals surface area contributed by atoms with Crippen LogP contribution in [0.25, 0.3) is 0 Å². The molecule has 132 valence electrons. The fraction of sp³-hybridized carbons (Fsp3) is 0.263. The number of imide groups is 1. The number of fused-ring (bicyclic) bond motifs is 1. The van der Waals surface area contributed by atoms with Gasteiger partial charge < -0.3 is 10.1 Å². The highest BCUT2D eigenvalue weighted by Crippen LogP contribution is 2.24. The molecule has 2 aliphatic rings. The minimum absolute atomic E-state index is 0.0207. The van der Waals surface area contributed by atoms with E-state index in [2.05, 4.69) is 10.3 Å². The van der Waals surface area contributed by atoms with E-state index in [-0.39, 0.29) is 25.0 Å². The van der Waals surface area contributed by atoms with E-state index in [0.29, 0.717) is 22.7 Å². The molecule has 1 aliphatic carbocycles. The summed E-state index contributed by atoms with van der Waals surface area (Å²) in [5.41, 5.74) is 1.09. The molecule has 4 rings (SSSR count). The molecule has 2 amide bonds. The third-order valence-electron chi connectivity index (χ3n) is 4.35. The van der Waals surface area contributed by atoms with E-state index in [1.807, 2.05) is 0 Å². The molecule has 0 spiro atoms. The van der Waals surface area contributed by atoms with Crippen LogP contribution >= 0.6 is 0 Å². The monoisotopic (exact) mass is 351 g/mol. The summed E-state index contributed by atoms with van der Waals surface area (Å²) in [5.74, 6) is -0.528. The SMILES string of the molecule is O=C(OCCN1C(=O)c2ccccc2C1=O)c1ccc(NC2CC2)nc1. The molecule has 0 saturated heterocycles. The van der Waals surface area contributed by atoms with Gasteiger partial charge in [0.1, 0.15) is 12.4 Å². The Morgan fingerprint density at radius 1 is 1.12 bits per heavy atom. The molecular weight excluding hydrogens is 334 g/mol. The summed E-state index contributed by atoms with van der Waals surface area (Å²) in [6.45, 7) is -0.0424. The van der Waals surface area contributed by atoms with E-state index in [0.717, 1.165) is 23.6 Å². The minimum Gasteiger partial charge on any atom is -0.460 e. The number of pyridine rings is 1. The third-order valence-corrected chi connectivity index (χ3v) is 4.35. The van der Waals surface area contributed by atoms with E-state index >= 15 is 0 Å². The minimum atomic E-state index is -0.535. The summed E-state index contributed by atoms with van der Waals surface area (Å²) in [4.78, 5) is 41.8. The summed E-state index contributed by atoms with van der Waals surface area (Å²) in [6, 6.07) is 10.5. The topological polar surface area (TPSA) is 88.6 Å². The van der Waals surface area contributed by atoms with Crippen molar-refractivity contribution in [3.05, 3.63) is 59.3 Å². The number of anilines is 1.